The van der Waals surface area contributed by atoms with Gasteiger partial charge in [0.2, 0.25) is 0 Å². The summed E-state index contributed by atoms with van der Waals surface area (Å²) in [5.74, 6) is 0. The van der Waals surface area contributed by atoms with Gasteiger partial charge in [0, 0.05) is 36.7 Å². The lowest BCUT2D eigenvalue weighted by atomic mass is 9.84. The Labute approximate surface area is 381 Å². The first-order valence-corrected chi connectivity index (χ1v) is 23.7. The van der Waals surface area contributed by atoms with Crippen molar-refractivity contribution < 1.29 is 0 Å². The SMILES string of the molecule is C1=CC2=C(CC1)N(c1ccc3c(-c4ccc5cc(-c6ccccc6)ccc5c4)c4cc(N5c6ccccc6Sc6ccccc65)ccc4c(-c4ccccc4)c3c1)c1ccccc1S2. The van der Waals surface area contributed by atoms with Crippen molar-refractivity contribution in [2.24, 2.45) is 0 Å². The minimum absolute atomic E-state index is 1.01. The summed E-state index contributed by atoms with van der Waals surface area (Å²) in [6.45, 7) is 0. The Balaban J connectivity index is 1.10. The van der Waals surface area contributed by atoms with Gasteiger partial charge in [0.05, 0.1) is 17.1 Å². The second-order valence-electron chi connectivity index (χ2n) is 16.7. The third-order valence-electron chi connectivity index (χ3n) is 13.0. The summed E-state index contributed by atoms with van der Waals surface area (Å²) in [5.41, 5.74) is 14.7. The molecule has 0 saturated heterocycles. The molecule has 4 heteroatoms. The number of thioether (sulfide) groups is 1. The second-order valence-corrected chi connectivity index (χ2v) is 18.9. The van der Waals surface area contributed by atoms with Crippen LogP contribution in [-0.4, -0.2) is 0 Å². The summed E-state index contributed by atoms with van der Waals surface area (Å²) in [5, 5.41) is 7.40. The molecule has 0 spiro atoms. The fraction of sp³-hybridized carbons (Fsp3) is 0.0333. The molecule has 302 valence electrons. The lowest BCUT2D eigenvalue weighted by Crippen LogP contribution is -2.22. The van der Waals surface area contributed by atoms with Crippen LogP contribution in [0.5, 0.6) is 0 Å². The number of para-hydroxylation sites is 3. The van der Waals surface area contributed by atoms with Crippen LogP contribution in [0.1, 0.15) is 12.8 Å². The predicted molar refractivity (Wildman–Crippen MR) is 274 cm³/mol. The zero-order valence-corrected chi connectivity index (χ0v) is 36.5. The van der Waals surface area contributed by atoms with Crippen LogP contribution in [0.3, 0.4) is 0 Å². The van der Waals surface area contributed by atoms with Crippen molar-refractivity contribution in [2.75, 3.05) is 9.80 Å². The summed E-state index contributed by atoms with van der Waals surface area (Å²) < 4.78 is 0. The number of hydrogen-bond donors (Lipinski definition) is 0. The number of rotatable bonds is 5. The average molecular weight is 853 g/mol. The van der Waals surface area contributed by atoms with Gasteiger partial charge in [-0.1, -0.05) is 169 Å². The molecule has 0 unspecified atom stereocenters. The van der Waals surface area contributed by atoms with Gasteiger partial charge in [-0.15, -0.1) is 0 Å². The molecule has 0 amide bonds. The van der Waals surface area contributed by atoms with Gasteiger partial charge in [-0.25, -0.2) is 0 Å². The third-order valence-corrected chi connectivity index (χ3v) is 15.3. The Morgan fingerprint density at radius 1 is 0.359 bits per heavy atom. The molecule has 0 saturated carbocycles. The second kappa shape index (κ2) is 15.2. The topological polar surface area (TPSA) is 6.48 Å². The van der Waals surface area contributed by atoms with E-state index in [1.165, 1.54) is 114 Å². The first kappa shape index (κ1) is 37.3. The van der Waals surface area contributed by atoms with Crippen molar-refractivity contribution in [1.82, 2.24) is 0 Å². The van der Waals surface area contributed by atoms with Gasteiger partial charge < -0.3 is 9.80 Å². The largest absolute Gasteiger partial charge is 0.312 e. The van der Waals surface area contributed by atoms with Crippen molar-refractivity contribution in [3.63, 3.8) is 0 Å². The fourth-order valence-electron chi connectivity index (χ4n) is 10.1. The van der Waals surface area contributed by atoms with Gasteiger partial charge in [0.15, 0.2) is 0 Å². The Morgan fingerprint density at radius 2 is 0.859 bits per heavy atom. The van der Waals surface area contributed by atoms with Crippen LogP contribution in [0.2, 0.25) is 0 Å². The highest BCUT2D eigenvalue weighted by molar-refractivity contribution is 8.03. The standard InChI is InChI=1S/C60H40N2S2/c1-3-15-39(16-4-1)41-27-28-43-36-44(30-29-42(43)35-41)60-48-34-32-45(61-51-19-7-11-23-55(51)63-56-24-12-8-20-52(56)61)37-49(48)59(40-17-5-2-6-18-40)47-33-31-46(38-50(47)60)62-53-21-9-13-25-57(53)64-58-26-14-10-22-54(58)62/h1-7,9-19,21-38H,8,20H2. The van der Waals surface area contributed by atoms with Gasteiger partial charge >= 0.3 is 0 Å². The Morgan fingerprint density at radius 3 is 1.50 bits per heavy atom. The van der Waals surface area contributed by atoms with E-state index in [0.29, 0.717) is 0 Å². The zero-order valence-electron chi connectivity index (χ0n) is 34.9. The summed E-state index contributed by atoms with van der Waals surface area (Å²) in [6.07, 6.45) is 6.70. The predicted octanol–water partition coefficient (Wildman–Crippen LogP) is 17.9. The zero-order chi connectivity index (χ0) is 42.1. The van der Waals surface area contributed by atoms with Gasteiger partial charge in [0.1, 0.15) is 0 Å². The molecule has 64 heavy (non-hydrogen) atoms. The molecule has 0 aromatic heterocycles. The Kier molecular flexibility index (Phi) is 8.89. The first-order valence-electron chi connectivity index (χ1n) is 22.0. The third kappa shape index (κ3) is 6.12. The highest BCUT2D eigenvalue weighted by Gasteiger charge is 2.29. The minimum atomic E-state index is 1.01. The lowest BCUT2D eigenvalue weighted by Gasteiger charge is -2.36. The Bertz CT molecular complexity index is 3530. The molecule has 2 aliphatic heterocycles. The van der Waals surface area contributed by atoms with Crippen molar-refractivity contribution >= 4 is 84.3 Å². The lowest BCUT2D eigenvalue weighted by molar-refractivity contribution is 0.904. The van der Waals surface area contributed by atoms with Gasteiger partial charge in [-0.2, -0.15) is 0 Å². The van der Waals surface area contributed by atoms with Crippen molar-refractivity contribution in [1.29, 1.82) is 0 Å². The minimum Gasteiger partial charge on any atom is -0.312 e. The molecule has 10 aromatic carbocycles. The van der Waals surface area contributed by atoms with E-state index < -0.39 is 0 Å². The van der Waals surface area contributed by atoms with Crippen LogP contribution < -0.4 is 9.80 Å². The summed E-state index contributed by atoms with van der Waals surface area (Å²) in [7, 11) is 0. The quantitative estimate of drug-likeness (QED) is 0.159. The molecular weight excluding hydrogens is 813 g/mol. The van der Waals surface area contributed by atoms with E-state index >= 15 is 0 Å². The van der Waals surface area contributed by atoms with Crippen molar-refractivity contribution in [3.8, 4) is 33.4 Å². The molecule has 0 radical (unpaired) electrons. The van der Waals surface area contributed by atoms with Crippen LogP contribution in [0.15, 0.2) is 244 Å². The maximum atomic E-state index is 2.54. The number of hydrogen-bond acceptors (Lipinski definition) is 4. The number of anilines is 5. The molecule has 0 bridgehead atoms. The first-order chi connectivity index (χ1) is 31.7. The van der Waals surface area contributed by atoms with Crippen molar-refractivity contribution in [2.45, 2.75) is 27.5 Å². The maximum Gasteiger partial charge on any atom is 0.0601 e. The van der Waals surface area contributed by atoms with Crippen LogP contribution in [0.25, 0.3) is 65.7 Å². The normalized spacial score (nSPS) is 14.1. The van der Waals surface area contributed by atoms with Crippen LogP contribution in [-0.2, 0) is 0 Å². The summed E-state index contributed by atoms with van der Waals surface area (Å²) in [4.78, 5) is 10.1. The van der Waals surface area contributed by atoms with Crippen molar-refractivity contribution in [3.05, 3.63) is 229 Å². The molecule has 0 fully saturated rings. The molecule has 2 nitrogen and oxygen atoms in total. The molecule has 13 rings (SSSR count). The van der Waals surface area contributed by atoms with E-state index in [1.807, 2.05) is 23.5 Å². The maximum absolute atomic E-state index is 2.54. The summed E-state index contributed by atoms with van der Waals surface area (Å²) >= 11 is 3.74. The molecule has 1 aliphatic carbocycles. The Hall–Kier alpha value is -7.24. The smallest absolute Gasteiger partial charge is 0.0601 e. The number of benzene rings is 10. The van der Waals surface area contributed by atoms with E-state index in [-0.39, 0.29) is 0 Å². The molecule has 0 N–H and O–H groups in total. The fourth-order valence-corrected chi connectivity index (χ4v) is 12.3. The van der Waals surface area contributed by atoms with Crippen LogP contribution in [0.4, 0.5) is 28.4 Å². The highest BCUT2D eigenvalue weighted by Crippen LogP contribution is 2.54. The van der Waals surface area contributed by atoms with Crippen LogP contribution >= 0.6 is 23.5 Å². The number of nitrogens with zero attached hydrogens (tertiary/aromatic N) is 2. The van der Waals surface area contributed by atoms with Gasteiger partial charge in [-0.3, -0.25) is 0 Å². The molecule has 3 aliphatic rings. The molecule has 0 atom stereocenters. The molecule has 2 heterocycles. The molecular formula is C60H40N2S2. The van der Waals surface area contributed by atoms with Gasteiger partial charge in [0.25, 0.3) is 0 Å². The molecule has 10 aromatic rings. The number of fused-ring (bicyclic) bond motifs is 6. The van der Waals surface area contributed by atoms with E-state index in [9.17, 15) is 0 Å². The van der Waals surface area contributed by atoms with E-state index in [2.05, 4.69) is 228 Å². The van der Waals surface area contributed by atoms with E-state index in [4.69, 9.17) is 0 Å². The van der Waals surface area contributed by atoms with Crippen LogP contribution in [0, 0.1) is 0 Å². The van der Waals surface area contributed by atoms with E-state index in [0.717, 1.165) is 18.5 Å². The highest BCUT2D eigenvalue weighted by atomic mass is 32.2. The monoisotopic (exact) mass is 852 g/mol. The summed E-state index contributed by atoms with van der Waals surface area (Å²) in [6, 6.07) is 76.6. The average Bonchev–Trinajstić information content (AvgIpc) is 3.36. The van der Waals surface area contributed by atoms with E-state index in [1.54, 1.807) is 0 Å². The van der Waals surface area contributed by atoms with Gasteiger partial charge in [-0.05, 0) is 151 Å². The number of allylic oxidation sites excluding steroid dienone is 3.